The molecule has 30 heavy (non-hydrogen) atoms. The lowest BCUT2D eigenvalue weighted by Crippen LogP contribution is -2.43. The summed E-state index contributed by atoms with van der Waals surface area (Å²) in [7, 11) is 1.66. The van der Waals surface area contributed by atoms with E-state index in [1.165, 1.54) is 11.3 Å². The lowest BCUT2D eigenvalue weighted by atomic mass is 10.0. The highest BCUT2D eigenvalue weighted by atomic mass is 32.1. The average molecular weight is 444 g/mol. The SMILES string of the molecule is COc1ccc([C@@H](CNC(=O)c2sc(-c3cccs3)nc2C)N2CCOCC2)cc1. The molecule has 1 aliphatic heterocycles. The van der Waals surface area contributed by atoms with Gasteiger partial charge in [-0.05, 0) is 36.1 Å². The van der Waals surface area contributed by atoms with Gasteiger partial charge in [0.15, 0.2) is 0 Å². The van der Waals surface area contributed by atoms with E-state index < -0.39 is 0 Å². The Morgan fingerprint density at radius 2 is 2.03 bits per heavy atom. The van der Waals surface area contributed by atoms with E-state index in [1.54, 1.807) is 18.4 Å². The maximum absolute atomic E-state index is 13.0. The van der Waals surface area contributed by atoms with Crippen molar-refractivity contribution in [3.05, 3.63) is 57.9 Å². The van der Waals surface area contributed by atoms with Crippen LogP contribution < -0.4 is 10.1 Å². The van der Waals surface area contributed by atoms with Crippen LogP contribution in [0.3, 0.4) is 0 Å². The number of hydrogen-bond acceptors (Lipinski definition) is 7. The number of ether oxygens (including phenoxy) is 2. The van der Waals surface area contributed by atoms with Crippen molar-refractivity contribution in [1.29, 1.82) is 0 Å². The van der Waals surface area contributed by atoms with E-state index in [0.717, 1.165) is 40.0 Å². The normalized spacial score (nSPS) is 15.7. The number of thiophene rings is 1. The molecule has 0 saturated carbocycles. The van der Waals surface area contributed by atoms with Gasteiger partial charge in [0.1, 0.15) is 15.6 Å². The monoisotopic (exact) mass is 443 g/mol. The standard InChI is InChI=1S/C22H25N3O3S2/c1-15-20(30-22(24-15)19-4-3-13-29-19)21(26)23-14-18(25-9-11-28-12-10-25)16-5-7-17(27-2)8-6-16/h3-8,13,18H,9-12,14H2,1-2H3,(H,23,26)/t18-/m1/s1. The summed E-state index contributed by atoms with van der Waals surface area (Å²) in [5.74, 6) is 0.754. The van der Waals surface area contributed by atoms with Gasteiger partial charge >= 0.3 is 0 Å². The summed E-state index contributed by atoms with van der Waals surface area (Å²) in [5.41, 5.74) is 1.92. The van der Waals surface area contributed by atoms with Crippen molar-refractivity contribution < 1.29 is 14.3 Å². The molecule has 1 aliphatic rings. The van der Waals surface area contributed by atoms with Crippen LogP contribution in [-0.2, 0) is 4.74 Å². The van der Waals surface area contributed by atoms with Crippen molar-refractivity contribution in [1.82, 2.24) is 15.2 Å². The Morgan fingerprint density at radius 3 is 2.70 bits per heavy atom. The fraction of sp³-hybridized carbons (Fsp3) is 0.364. The summed E-state index contributed by atoms with van der Waals surface area (Å²) in [6.07, 6.45) is 0. The third-order valence-corrected chi connectivity index (χ3v) is 7.37. The average Bonchev–Trinajstić information content (AvgIpc) is 3.45. The third-order valence-electron chi connectivity index (χ3n) is 5.18. The van der Waals surface area contributed by atoms with Crippen LogP contribution in [0.5, 0.6) is 5.75 Å². The second kappa shape index (κ2) is 9.70. The van der Waals surface area contributed by atoms with Crippen LogP contribution in [0, 0.1) is 6.92 Å². The highest BCUT2D eigenvalue weighted by molar-refractivity contribution is 7.22. The Morgan fingerprint density at radius 1 is 1.27 bits per heavy atom. The number of morpholine rings is 1. The first-order valence-corrected chi connectivity index (χ1v) is 11.6. The molecule has 0 radical (unpaired) electrons. The van der Waals surface area contributed by atoms with Gasteiger partial charge in [0, 0.05) is 19.6 Å². The number of aryl methyl sites for hydroxylation is 1. The second-order valence-electron chi connectivity index (χ2n) is 7.06. The molecule has 0 bridgehead atoms. The number of benzene rings is 1. The number of nitrogens with zero attached hydrogens (tertiary/aromatic N) is 2. The van der Waals surface area contributed by atoms with Crippen LogP contribution in [0.2, 0.25) is 0 Å². The summed E-state index contributed by atoms with van der Waals surface area (Å²) in [6, 6.07) is 12.2. The Kier molecular flexibility index (Phi) is 6.79. The first-order chi connectivity index (χ1) is 14.7. The molecular formula is C22H25N3O3S2. The molecule has 1 aromatic carbocycles. The van der Waals surface area contributed by atoms with Gasteiger partial charge in [0.2, 0.25) is 0 Å². The highest BCUT2D eigenvalue weighted by Crippen LogP contribution is 2.31. The minimum atomic E-state index is -0.0698. The maximum atomic E-state index is 13.0. The van der Waals surface area contributed by atoms with Gasteiger partial charge in [-0.3, -0.25) is 9.69 Å². The molecule has 2 aromatic heterocycles. The Balaban J connectivity index is 1.49. The minimum absolute atomic E-state index is 0.0698. The van der Waals surface area contributed by atoms with Crippen molar-refractivity contribution in [2.24, 2.45) is 0 Å². The molecule has 0 unspecified atom stereocenters. The van der Waals surface area contributed by atoms with E-state index in [0.29, 0.717) is 24.6 Å². The summed E-state index contributed by atoms with van der Waals surface area (Å²) in [6.45, 7) is 5.52. The van der Waals surface area contributed by atoms with Gasteiger partial charge < -0.3 is 14.8 Å². The number of methoxy groups -OCH3 is 1. The smallest absolute Gasteiger partial charge is 0.263 e. The van der Waals surface area contributed by atoms with Crippen molar-refractivity contribution in [3.8, 4) is 15.6 Å². The molecule has 1 atom stereocenters. The van der Waals surface area contributed by atoms with E-state index in [1.807, 2.05) is 36.6 Å². The molecule has 8 heteroatoms. The predicted octanol–water partition coefficient (Wildman–Crippen LogP) is 3.99. The van der Waals surface area contributed by atoms with Gasteiger partial charge in [-0.25, -0.2) is 4.98 Å². The number of thiazole rings is 1. The number of aromatic nitrogens is 1. The summed E-state index contributed by atoms with van der Waals surface area (Å²) in [5, 5.41) is 6.06. The Hall–Kier alpha value is -2.26. The predicted molar refractivity (Wildman–Crippen MR) is 121 cm³/mol. The van der Waals surface area contributed by atoms with E-state index >= 15 is 0 Å². The lowest BCUT2D eigenvalue weighted by Gasteiger charge is -2.35. The molecule has 1 fully saturated rings. The maximum Gasteiger partial charge on any atom is 0.263 e. The molecule has 0 spiro atoms. The fourth-order valence-corrected chi connectivity index (χ4v) is 5.33. The molecular weight excluding hydrogens is 418 g/mol. The zero-order valence-corrected chi connectivity index (χ0v) is 18.7. The first-order valence-electron chi connectivity index (χ1n) is 9.91. The van der Waals surface area contributed by atoms with Crippen LogP contribution >= 0.6 is 22.7 Å². The number of nitrogens with one attached hydrogen (secondary N) is 1. The molecule has 1 saturated heterocycles. The molecule has 3 heterocycles. The van der Waals surface area contributed by atoms with E-state index in [4.69, 9.17) is 9.47 Å². The quantitative estimate of drug-likeness (QED) is 0.598. The molecule has 0 aliphatic carbocycles. The van der Waals surface area contributed by atoms with E-state index in [-0.39, 0.29) is 11.9 Å². The Labute approximate surface area is 184 Å². The minimum Gasteiger partial charge on any atom is -0.497 e. The largest absolute Gasteiger partial charge is 0.497 e. The molecule has 3 aromatic rings. The van der Waals surface area contributed by atoms with Crippen LogP contribution in [0.1, 0.15) is 27.0 Å². The zero-order chi connectivity index (χ0) is 20.9. The zero-order valence-electron chi connectivity index (χ0n) is 17.1. The summed E-state index contributed by atoms with van der Waals surface area (Å²) >= 11 is 3.08. The van der Waals surface area contributed by atoms with Gasteiger partial charge in [-0.15, -0.1) is 22.7 Å². The van der Waals surface area contributed by atoms with Gasteiger partial charge in [0.05, 0.1) is 36.9 Å². The second-order valence-corrected chi connectivity index (χ2v) is 9.00. The van der Waals surface area contributed by atoms with Crippen LogP contribution in [-0.4, -0.2) is 55.7 Å². The molecule has 1 amide bonds. The van der Waals surface area contributed by atoms with Crippen molar-refractivity contribution in [2.45, 2.75) is 13.0 Å². The fourth-order valence-electron chi connectivity index (χ4n) is 3.56. The highest BCUT2D eigenvalue weighted by Gasteiger charge is 2.24. The molecule has 1 N–H and O–H groups in total. The Bertz CT molecular complexity index is 964. The van der Waals surface area contributed by atoms with Crippen molar-refractivity contribution in [3.63, 3.8) is 0 Å². The van der Waals surface area contributed by atoms with E-state index in [9.17, 15) is 4.79 Å². The number of carbonyl (C=O) groups is 1. The third kappa shape index (κ3) is 4.73. The van der Waals surface area contributed by atoms with Crippen LogP contribution in [0.25, 0.3) is 9.88 Å². The first kappa shape index (κ1) is 21.0. The molecule has 6 nitrogen and oxygen atoms in total. The lowest BCUT2D eigenvalue weighted by molar-refractivity contribution is 0.0162. The van der Waals surface area contributed by atoms with Gasteiger partial charge in [-0.2, -0.15) is 0 Å². The number of carbonyl (C=O) groups excluding carboxylic acids is 1. The molecule has 4 rings (SSSR count). The number of hydrogen-bond donors (Lipinski definition) is 1. The number of rotatable bonds is 7. The number of amides is 1. The van der Waals surface area contributed by atoms with Crippen molar-refractivity contribution in [2.75, 3.05) is 40.0 Å². The van der Waals surface area contributed by atoms with Gasteiger partial charge in [-0.1, -0.05) is 18.2 Å². The van der Waals surface area contributed by atoms with Crippen LogP contribution in [0.15, 0.2) is 41.8 Å². The van der Waals surface area contributed by atoms with Crippen molar-refractivity contribution >= 4 is 28.6 Å². The molecule has 158 valence electrons. The topological polar surface area (TPSA) is 63.7 Å². The van der Waals surface area contributed by atoms with Crippen LogP contribution in [0.4, 0.5) is 0 Å². The van der Waals surface area contributed by atoms with Gasteiger partial charge in [0.25, 0.3) is 5.91 Å². The summed E-state index contributed by atoms with van der Waals surface area (Å²) in [4.78, 5) is 21.7. The van der Waals surface area contributed by atoms with E-state index in [2.05, 4.69) is 27.3 Å². The summed E-state index contributed by atoms with van der Waals surface area (Å²) < 4.78 is 10.8.